The van der Waals surface area contributed by atoms with Gasteiger partial charge in [0, 0.05) is 41.7 Å². The van der Waals surface area contributed by atoms with Crippen molar-refractivity contribution in [2.24, 2.45) is 13.0 Å². The van der Waals surface area contributed by atoms with Gasteiger partial charge in [-0.1, -0.05) is 0 Å². The van der Waals surface area contributed by atoms with E-state index in [-0.39, 0.29) is 0 Å². The Morgan fingerprint density at radius 1 is 1.23 bits per heavy atom. The van der Waals surface area contributed by atoms with Crippen molar-refractivity contribution >= 4 is 11.3 Å². The van der Waals surface area contributed by atoms with E-state index >= 15 is 0 Å². The van der Waals surface area contributed by atoms with Crippen LogP contribution in [0.4, 0.5) is 0 Å². The number of nitrogens with zero attached hydrogens (tertiary/aromatic N) is 5. The molecule has 0 spiro atoms. The van der Waals surface area contributed by atoms with E-state index in [0.717, 1.165) is 33.9 Å². The predicted octanol–water partition coefficient (Wildman–Crippen LogP) is 3.75. The van der Waals surface area contributed by atoms with Gasteiger partial charge in [-0.2, -0.15) is 10.1 Å². The van der Waals surface area contributed by atoms with Gasteiger partial charge in [0.1, 0.15) is 5.82 Å². The summed E-state index contributed by atoms with van der Waals surface area (Å²) in [5, 5.41) is 7.81. The zero-order valence-corrected chi connectivity index (χ0v) is 16.6. The third kappa shape index (κ3) is 3.11. The molecule has 0 aromatic carbocycles. The van der Waals surface area contributed by atoms with Gasteiger partial charge in [-0.05, 0) is 34.1 Å². The molecule has 136 valence electrons. The average molecular weight is 369 g/mol. The van der Waals surface area contributed by atoms with Crippen molar-refractivity contribution in [2.45, 2.75) is 40.0 Å². The van der Waals surface area contributed by atoms with Crippen molar-refractivity contribution < 1.29 is 4.74 Å². The van der Waals surface area contributed by atoms with Crippen LogP contribution in [0.3, 0.4) is 0 Å². The minimum atomic E-state index is 0.510. The largest absolute Gasteiger partial charge is 0.477 e. The Bertz CT molecular complexity index is 961. The zero-order valence-electron chi connectivity index (χ0n) is 15.8. The Balaban J connectivity index is 1.55. The van der Waals surface area contributed by atoms with Crippen molar-refractivity contribution in [2.75, 3.05) is 6.61 Å². The lowest BCUT2D eigenvalue weighted by atomic mass is 10.1. The molecule has 0 bridgehead atoms. The lowest BCUT2D eigenvalue weighted by Gasteiger charge is -2.11. The second-order valence-electron chi connectivity index (χ2n) is 7.01. The molecule has 2 unspecified atom stereocenters. The minimum absolute atomic E-state index is 0.510. The molecule has 0 radical (unpaired) electrons. The topological polar surface area (TPSA) is 65.7 Å². The molecule has 4 rings (SSSR count). The maximum absolute atomic E-state index is 6.16. The summed E-state index contributed by atoms with van der Waals surface area (Å²) < 4.78 is 8.05. The highest BCUT2D eigenvalue weighted by atomic mass is 32.1. The van der Waals surface area contributed by atoms with Gasteiger partial charge in [0.15, 0.2) is 0 Å². The number of aryl methyl sites for hydroxylation is 4. The van der Waals surface area contributed by atoms with Gasteiger partial charge in [0.05, 0.1) is 28.6 Å². The fraction of sp³-hybridized carbons (Fsp3) is 0.474. The van der Waals surface area contributed by atoms with Crippen LogP contribution in [0, 0.1) is 33.6 Å². The van der Waals surface area contributed by atoms with Crippen molar-refractivity contribution in [1.82, 2.24) is 24.7 Å². The summed E-state index contributed by atoms with van der Waals surface area (Å²) in [6.45, 7) is 8.66. The molecular formula is C19H23N5OS. The standard InChI is InChI=1S/C19H23N5OS/c1-10-18(11(2)24(5)23-10)16-7-20-12(3)21-19(16)25-8-14-6-15(14)17-9-26-13(4)22-17/h7,9,14-15H,6,8H2,1-5H3. The van der Waals surface area contributed by atoms with E-state index in [9.17, 15) is 0 Å². The van der Waals surface area contributed by atoms with Crippen LogP contribution in [0.5, 0.6) is 5.88 Å². The summed E-state index contributed by atoms with van der Waals surface area (Å²) in [6, 6.07) is 0. The molecule has 1 fully saturated rings. The van der Waals surface area contributed by atoms with Gasteiger partial charge in [0.25, 0.3) is 0 Å². The van der Waals surface area contributed by atoms with E-state index in [1.165, 1.54) is 5.69 Å². The number of hydrogen-bond acceptors (Lipinski definition) is 6. The van der Waals surface area contributed by atoms with Crippen LogP contribution in [0.25, 0.3) is 11.1 Å². The van der Waals surface area contributed by atoms with Crippen LogP contribution in [0.2, 0.25) is 0 Å². The van der Waals surface area contributed by atoms with Gasteiger partial charge in [0.2, 0.25) is 5.88 Å². The van der Waals surface area contributed by atoms with Gasteiger partial charge in [-0.3, -0.25) is 4.68 Å². The third-order valence-electron chi connectivity index (χ3n) is 5.03. The summed E-state index contributed by atoms with van der Waals surface area (Å²) in [4.78, 5) is 13.5. The summed E-state index contributed by atoms with van der Waals surface area (Å²) in [5.41, 5.74) is 5.23. The molecule has 0 N–H and O–H groups in total. The van der Waals surface area contributed by atoms with Crippen molar-refractivity contribution in [3.63, 3.8) is 0 Å². The molecule has 3 heterocycles. The highest BCUT2D eigenvalue weighted by Crippen LogP contribution is 2.47. The van der Waals surface area contributed by atoms with E-state index in [0.29, 0.717) is 30.1 Å². The summed E-state index contributed by atoms with van der Waals surface area (Å²) in [5.74, 6) is 2.39. The van der Waals surface area contributed by atoms with E-state index < -0.39 is 0 Å². The molecule has 1 aliphatic rings. The van der Waals surface area contributed by atoms with Crippen molar-refractivity contribution in [3.8, 4) is 17.0 Å². The van der Waals surface area contributed by atoms with Crippen LogP contribution in [0.1, 0.15) is 40.3 Å². The Labute approximate surface area is 157 Å². The zero-order chi connectivity index (χ0) is 18.4. The van der Waals surface area contributed by atoms with Gasteiger partial charge in [-0.15, -0.1) is 11.3 Å². The molecule has 1 saturated carbocycles. The average Bonchev–Trinajstić information content (AvgIpc) is 3.17. The molecule has 0 aliphatic heterocycles. The van der Waals surface area contributed by atoms with E-state index in [1.54, 1.807) is 11.3 Å². The molecule has 26 heavy (non-hydrogen) atoms. The van der Waals surface area contributed by atoms with Gasteiger partial charge < -0.3 is 4.74 Å². The highest BCUT2D eigenvalue weighted by Gasteiger charge is 2.40. The molecule has 0 amide bonds. The van der Waals surface area contributed by atoms with Crippen LogP contribution in [-0.2, 0) is 7.05 Å². The SMILES string of the molecule is Cc1ncc(-c2c(C)nn(C)c2C)c(OCC2CC2c2csc(C)n2)n1. The predicted molar refractivity (Wildman–Crippen MR) is 102 cm³/mol. The van der Waals surface area contributed by atoms with Crippen LogP contribution < -0.4 is 4.74 Å². The first-order valence-corrected chi connectivity index (χ1v) is 9.71. The Kier molecular flexibility index (Phi) is 4.26. The molecule has 3 aromatic rings. The summed E-state index contributed by atoms with van der Waals surface area (Å²) in [7, 11) is 1.95. The fourth-order valence-corrected chi connectivity index (χ4v) is 4.10. The van der Waals surface area contributed by atoms with E-state index in [1.807, 2.05) is 31.8 Å². The lowest BCUT2D eigenvalue weighted by molar-refractivity contribution is 0.285. The number of rotatable bonds is 5. The first-order chi connectivity index (χ1) is 12.4. The summed E-state index contributed by atoms with van der Waals surface area (Å²) >= 11 is 1.71. The molecule has 1 aliphatic carbocycles. The molecule has 7 heteroatoms. The maximum Gasteiger partial charge on any atom is 0.224 e. The highest BCUT2D eigenvalue weighted by molar-refractivity contribution is 7.09. The normalized spacial score (nSPS) is 19.0. The third-order valence-corrected chi connectivity index (χ3v) is 5.82. The monoisotopic (exact) mass is 369 g/mol. The molecule has 0 saturated heterocycles. The molecule has 6 nitrogen and oxygen atoms in total. The first kappa shape index (κ1) is 17.1. The maximum atomic E-state index is 6.16. The smallest absolute Gasteiger partial charge is 0.224 e. The lowest BCUT2D eigenvalue weighted by Crippen LogP contribution is -2.06. The number of thiazole rings is 1. The minimum Gasteiger partial charge on any atom is -0.477 e. The van der Waals surface area contributed by atoms with Crippen LogP contribution >= 0.6 is 11.3 Å². The Morgan fingerprint density at radius 2 is 2.04 bits per heavy atom. The molecule has 3 aromatic heterocycles. The van der Waals surface area contributed by atoms with Gasteiger partial charge >= 0.3 is 0 Å². The van der Waals surface area contributed by atoms with Crippen LogP contribution in [0.15, 0.2) is 11.6 Å². The van der Waals surface area contributed by atoms with Crippen molar-refractivity contribution in [3.05, 3.63) is 39.5 Å². The first-order valence-electron chi connectivity index (χ1n) is 8.83. The van der Waals surface area contributed by atoms with E-state index in [4.69, 9.17) is 4.74 Å². The molecular weight excluding hydrogens is 346 g/mol. The Hall–Kier alpha value is -2.28. The fourth-order valence-electron chi connectivity index (χ4n) is 3.42. The molecule has 2 atom stereocenters. The number of ether oxygens (including phenoxy) is 1. The second-order valence-corrected chi connectivity index (χ2v) is 8.07. The second kappa shape index (κ2) is 6.46. The summed E-state index contributed by atoms with van der Waals surface area (Å²) in [6.07, 6.45) is 2.98. The van der Waals surface area contributed by atoms with E-state index in [2.05, 4.69) is 39.3 Å². The van der Waals surface area contributed by atoms with Gasteiger partial charge in [-0.25, -0.2) is 9.97 Å². The number of aromatic nitrogens is 5. The number of hydrogen-bond donors (Lipinski definition) is 0. The van der Waals surface area contributed by atoms with Crippen LogP contribution in [-0.4, -0.2) is 31.3 Å². The quantitative estimate of drug-likeness (QED) is 0.685. The van der Waals surface area contributed by atoms with Crippen molar-refractivity contribution in [1.29, 1.82) is 0 Å². The Morgan fingerprint density at radius 3 is 2.69 bits per heavy atom.